The molecule has 138 valence electrons. The lowest BCUT2D eigenvalue weighted by Gasteiger charge is -2.21. The van der Waals surface area contributed by atoms with Crippen molar-refractivity contribution < 1.29 is 5.11 Å². The maximum absolute atomic E-state index is 10.7. The summed E-state index contributed by atoms with van der Waals surface area (Å²) in [5.41, 5.74) is 5.79. The Labute approximate surface area is 150 Å². The van der Waals surface area contributed by atoms with Crippen molar-refractivity contribution in [3.05, 3.63) is 28.3 Å². The second-order valence-electron chi connectivity index (χ2n) is 7.26. The molecule has 1 nitrogen and oxygen atoms in total. The van der Waals surface area contributed by atoms with Gasteiger partial charge in [-0.15, -0.1) is 0 Å². The van der Waals surface area contributed by atoms with Crippen LogP contribution in [0.1, 0.15) is 108 Å². The number of unbranched alkanes of at least 4 members (excludes halogenated alkanes) is 5. The molecule has 0 saturated carbocycles. The Hall–Kier alpha value is -0.980. The molecule has 0 radical (unpaired) electrons. The lowest BCUT2D eigenvalue weighted by Crippen LogP contribution is -2.07. The molecule has 0 heterocycles. The molecule has 0 spiro atoms. The summed E-state index contributed by atoms with van der Waals surface area (Å²) in [5, 5.41) is 10.7. The van der Waals surface area contributed by atoms with Gasteiger partial charge in [0.1, 0.15) is 5.75 Å². The molecule has 1 rings (SSSR count). The van der Waals surface area contributed by atoms with Gasteiger partial charge in [-0.05, 0) is 79.7 Å². The highest BCUT2D eigenvalue weighted by atomic mass is 16.3. The van der Waals surface area contributed by atoms with Crippen molar-refractivity contribution in [3.8, 4) is 5.75 Å². The molecule has 0 unspecified atom stereocenters. The van der Waals surface area contributed by atoms with Crippen molar-refractivity contribution >= 4 is 0 Å². The second kappa shape index (κ2) is 12.4. The number of aryl methyl sites for hydroxylation is 1. The predicted molar refractivity (Wildman–Crippen MR) is 107 cm³/mol. The molecule has 0 amide bonds. The summed E-state index contributed by atoms with van der Waals surface area (Å²) in [6, 6.07) is 2.11. The standard InChI is InChI=1S/C23H40O/c1-5-9-13-17-20-19(14-10-6-2)18-23(24)22(16-12-8-4)21(20)15-11-7-3/h18,24H,5-17H2,1-4H3. The number of benzene rings is 1. The summed E-state index contributed by atoms with van der Waals surface area (Å²) >= 11 is 0. The molecule has 0 aliphatic carbocycles. The predicted octanol–water partition coefficient (Wildman–Crippen LogP) is 7.15. The molecule has 1 aromatic carbocycles. The van der Waals surface area contributed by atoms with Gasteiger partial charge in [0.05, 0.1) is 0 Å². The fraction of sp³-hybridized carbons (Fsp3) is 0.739. The minimum Gasteiger partial charge on any atom is -0.508 e. The van der Waals surface area contributed by atoms with Gasteiger partial charge in [0.15, 0.2) is 0 Å². The Morgan fingerprint density at radius 1 is 0.583 bits per heavy atom. The number of phenolic OH excluding ortho intramolecular Hbond substituents is 1. The van der Waals surface area contributed by atoms with E-state index in [9.17, 15) is 5.11 Å². The summed E-state index contributed by atoms with van der Waals surface area (Å²) in [4.78, 5) is 0. The van der Waals surface area contributed by atoms with Crippen LogP contribution in [0.25, 0.3) is 0 Å². The molecule has 1 heteroatoms. The van der Waals surface area contributed by atoms with Crippen LogP contribution in [0.4, 0.5) is 0 Å². The number of aromatic hydroxyl groups is 1. The SMILES string of the molecule is CCCCCc1c(CCCC)cc(O)c(CCCC)c1CCCC. The minimum atomic E-state index is 0.569. The summed E-state index contributed by atoms with van der Waals surface area (Å²) in [5.74, 6) is 0.569. The van der Waals surface area contributed by atoms with E-state index in [1.807, 2.05) is 0 Å². The molecule has 1 N–H and O–H groups in total. The van der Waals surface area contributed by atoms with E-state index in [-0.39, 0.29) is 0 Å². The van der Waals surface area contributed by atoms with E-state index in [0.717, 1.165) is 19.3 Å². The van der Waals surface area contributed by atoms with Gasteiger partial charge in [0.2, 0.25) is 0 Å². The first kappa shape index (κ1) is 21.1. The van der Waals surface area contributed by atoms with Crippen LogP contribution >= 0.6 is 0 Å². The summed E-state index contributed by atoms with van der Waals surface area (Å²) in [7, 11) is 0. The molecule has 0 aromatic heterocycles. The fourth-order valence-electron chi connectivity index (χ4n) is 3.61. The quantitative estimate of drug-likeness (QED) is 0.380. The van der Waals surface area contributed by atoms with Crippen LogP contribution in [-0.4, -0.2) is 5.11 Å². The van der Waals surface area contributed by atoms with E-state index in [1.54, 1.807) is 5.56 Å². The van der Waals surface area contributed by atoms with Gasteiger partial charge >= 0.3 is 0 Å². The topological polar surface area (TPSA) is 20.2 Å². The summed E-state index contributed by atoms with van der Waals surface area (Å²) in [6.07, 6.45) is 15.6. The van der Waals surface area contributed by atoms with Gasteiger partial charge in [0.25, 0.3) is 0 Å². The van der Waals surface area contributed by atoms with Crippen LogP contribution in [0.2, 0.25) is 0 Å². The third-order valence-electron chi connectivity index (χ3n) is 5.13. The monoisotopic (exact) mass is 332 g/mol. The van der Waals surface area contributed by atoms with Crippen molar-refractivity contribution in [1.29, 1.82) is 0 Å². The van der Waals surface area contributed by atoms with Gasteiger partial charge in [0, 0.05) is 0 Å². The lowest BCUT2D eigenvalue weighted by atomic mass is 9.85. The van der Waals surface area contributed by atoms with E-state index < -0.39 is 0 Å². The van der Waals surface area contributed by atoms with Crippen molar-refractivity contribution in [2.24, 2.45) is 0 Å². The average Bonchev–Trinajstić information content (AvgIpc) is 2.58. The normalized spacial score (nSPS) is 11.2. The molecular weight excluding hydrogens is 292 g/mol. The Morgan fingerprint density at radius 3 is 1.67 bits per heavy atom. The molecular formula is C23H40O. The van der Waals surface area contributed by atoms with Crippen LogP contribution in [0, 0.1) is 0 Å². The Bertz CT molecular complexity index is 462. The van der Waals surface area contributed by atoms with E-state index in [2.05, 4.69) is 33.8 Å². The van der Waals surface area contributed by atoms with Gasteiger partial charge in [-0.25, -0.2) is 0 Å². The number of hydrogen-bond donors (Lipinski definition) is 1. The zero-order chi connectivity index (χ0) is 17.8. The highest BCUT2D eigenvalue weighted by Crippen LogP contribution is 2.33. The van der Waals surface area contributed by atoms with Crippen molar-refractivity contribution in [2.45, 2.75) is 111 Å². The maximum Gasteiger partial charge on any atom is 0.119 e. The van der Waals surface area contributed by atoms with Crippen molar-refractivity contribution in [1.82, 2.24) is 0 Å². The molecule has 0 aliphatic heterocycles. The highest BCUT2D eigenvalue weighted by Gasteiger charge is 2.17. The number of rotatable bonds is 13. The fourth-order valence-corrected chi connectivity index (χ4v) is 3.61. The Balaban J connectivity index is 3.23. The molecule has 24 heavy (non-hydrogen) atoms. The summed E-state index contributed by atoms with van der Waals surface area (Å²) < 4.78 is 0. The van der Waals surface area contributed by atoms with E-state index in [4.69, 9.17) is 0 Å². The van der Waals surface area contributed by atoms with Crippen LogP contribution in [0.15, 0.2) is 6.07 Å². The van der Waals surface area contributed by atoms with E-state index in [0.29, 0.717) is 5.75 Å². The van der Waals surface area contributed by atoms with Gasteiger partial charge in [-0.2, -0.15) is 0 Å². The zero-order valence-electron chi connectivity index (χ0n) is 16.7. The minimum absolute atomic E-state index is 0.569. The van der Waals surface area contributed by atoms with Crippen LogP contribution < -0.4 is 0 Å². The molecule has 0 saturated heterocycles. The third-order valence-corrected chi connectivity index (χ3v) is 5.13. The van der Waals surface area contributed by atoms with Crippen LogP contribution in [0.5, 0.6) is 5.75 Å². The van der Waals surface area contributed by atoms with E-state index in [1.165, 1.54) is 80.9 Å². The Morgan fingerprint density at radius 2 is 1.08 bits per heavy atom. The lowest BCUT2D eigenvalue weighted by molar-refractivity contribution is 0.463. The number of hydrogen-bond acceptors (Lipinski definition) is 1. The van der Waals surface area contributed by atoms with Gasteiger partial charge in [-0.1, -0.05) is 59.8 Å². The average molecular weight is 333 g/mol. The molecule has 0 aliphatic rings. The third kappa shape index (κ3) is 6.49. The largest absolute Gasteiger partial charge is 0.508 e. The Kier molecular flexibility index (Phi) is 10.9. The zero-order valence-corrected chi connectivity index (χ0v) is 16.7. The van der Waals surface area contributed by atoms with Gasteiger partial charge < -0.3 is 5.11 Å². The number of phenols is 1. The van der Waals surface area contributed by atoms with Crippen molar-refractivity contribution in [3.63, 3.8) is 0 Å². The molecule has 0 atom stereocenters. The molecule has 0 bridgehead atoms. The first-order chi connectivity index (χ1) is 11.7. The first-order valence-corrected chi connectivity index (χ1v) is 10.5. The van der Waals surface area contributed by atoms with Crippen LogP contribution in [-0.2, 0) is 25.7 Å². The second-order valence-corrected chi connectivity index (χ2v) is 7.26. The smallest absolute Gasteiger partial charge is 0.119 e. The molecule has 0 fully saturated rings. The maximum atomic E-state index is 10.7. The van der Waals surface area contributed by atoms with E-state index >= 15 is 0 Å². The van der Waals surface area contributed by atoms with Crippen molar-refractivity contribution in [2.75, 3.05) is 0 Å². The van der Waals surface area contributed by atoms with Gasteiger partial charge in [-0.3, -0.25) is 0 Å². The van der Waals surface area contributed by atoms with Crippen LogP contribution in [0.3, 0.4) is 0 Å². The summed E-state index contributed by atoms with van der Waals surface area (Å²) in [6.45, 7) is 9.04. The molecule has 1 aromatic rings. The highest BCUT2D eigenvalue weighted by molar-refractivity contribution is 5.50. The first-order valence-electron chi connectivity index (χ1n) is 10.5.